The van der Waals surface area contributed by atoms with Gasteiger partial charge in [-0.15, -0.1) is 11.8 Å². The number of nitrogens with one attached hydrogen (secondary N) is 2. The molecule has 0 saturated carbocycles. The number of urea groups is 1. The normalized spacial score (nSPS) is 17.4. The number of carbonyl (C=O) groups is 2. The third kappa shape index (κ3) is 4.35. The van der Waals surface area contributed by atoms with Crippen LogP contribution in [0.2, 0.25) is 0 Å². The molecule has 1 aromatic carbocycles. The van der Waals surface area contributed by atoms with E-state index in [0.717, 1.165) is 0 Å². The highest BCUT2D eigenvalue weighted by molar-refractivity contribution is 7.99. The average Bonchev–Trinajstić information content (AvgIpc) is 2.99. The number of hydrogen-bond donors (Lipinski definition) is 2. The lowest BCUT2D eigenvalue weighted by molar-refractivity contribution is -0.124. The molecule has 1 aliphatic heterocycles. The Bertz CT molecular complexity index is 527. The molecule has 0 radical (unpaired) electrons. The zero-order chi connectivity index (χ0) is 15.9. The predicted octanol–water partition coefficient (Wildman–Crippen LogP) is 1.50. The molecule has 120 valence electrons. The molecular weight excluding hydrogens is 309 g/mol. The summed E-state index contributed by atoms with van der Waals surface area (Å²) in [5, 5.41) is 5.40. The molecule has 0 aromatic heterocycles. The quantitative estimate of drug-likeness (QED) is 0.804. The van der Waals surface area contributed by atoms with E-state index >= 15 is 0 Å². The number of halogens is 1. The summed E-state index contributed by atoms with van der Waals surface area (Å²) in [6.07, 6.45) is 0. The summed E-state index contributed by atoms with van der Waals surface area (Å²) in [5.74, 6) is 0.423. The topological polar surface area (TPSA) is 70.7 Å². The van der Waals surface area contributed by atoms with Crippen molar-refractivity contribution in [1.82, 2.24) is 10.2 Å². The van der Waals surface area contributed by atoms with Gasteiger partial charge in [0, 0.05) is 25.1 Å². The van der Waals surface area contributed by atoms with Gasteiger partial charge < -0.3 is 20.3 Å². The molecule has 22 heavy (non-hydrogen) atoms. The van der Waals surface area contributed by atoms with E-state index in [0.29, 0.717) is 30.5 Å². The predicted molar refractivity (Wildman–Crippen MR) is 83.3 cm³/mol. The van der Waals surface area contributed by atoms with E-state index in [2.05, 4.69) is 10.6 Å². The maximum Gasteiger partial charge on any atom is 0.323 e. The molecule has 2 N–H and O–H groups in total. The number of amides is 3. The van der Waals surface area contributed by atoms with Crippen molar-refractivity contribution in [3.05, 3.63) is 30.1 Å². The van der Waals surface area contributed by atoms with Crippen LogP contribution in [0.3, 0.4) is 0 Å². The SMILES string of the molecule is COCCNC(=O)[C@@H]1CSCN1C(=O)Nc1ccc(F)cc1. The van der Waals surface area contributed by atoms with E-state index in [1.165, 1.54) is 40.9 Å². The Morgan fingerprint density at radius 3 is 2.82 bits per heavy atom. The summed E-state index contributed by atoms with van der Waals surface area (Å²) in [6.45, 7) is 0.831. The van der Waals surface area contributed by atoms with Crippen molar-refractivity contribution in [2.45, 2.75) is 6.04 Å². The van der Waals surface area contributed by atoms with Crippen LogP contribution in [0.4, 0.5) is 14.9 Å². The maximum absolute atomic E-state index is 12.9. The van der Waals surface area contributed by atoms with Crippen molar-refractivity contribution in [2.75, 3.05) is 37.2 Å². The van der Waals surface area contributed by atoms with Gasteiger partial charge in [0.15, 0.2) is 0 Å². The van der Waals surface area contributed by atoms with Crippen LogP contribution in [0, 0.1) is 5.82 Å². The van der Waals surface area contributed by atoms with Crippen molar-refractivity contribution in [3.8, 4) is 0 Å². The summed E-state index contributed by atoms with van der Waals surface area (Å²) in [4.78, 5) is 25.8. The van der Waals surface area contributed by atoms with Gasteiger partial charge in [-0.05, 0) is 24.3 Å². The van der Waals surface area contributed by atoms with Gasteiger partial charge >= 0.3 is 6.03 Å². The Labute approximate surface area is 132 Å². The first-order valence-electron chi connectivity index (χ1n) is 6.79. The van der Waals surface area contributed by atoms with Crippen molar-refractivity contribution < 1.29 is 18.7 Å². The molecule has 0 unspecified atom stereocenters. The minimum atomic E-state index is -0.512. The van der Waals surface area contributed by atoms with Crippen LogP contribution in [-0.4, -0.2) is 54.8 Å². The van der Waals surface area contributed by atoms with Gasteiger partial charge in [0.25, 0.3) is 0 Å². The molecule has 1 heterocycles. The monoisotopic (exact) mass is 327 g/mol. The van der Waals surface area contributed by atoms with Gasteiger partial charge in [-0.2, -0.15) is 0 Å². The van der Waals surface area contributed by atoms with Gasteiger partial charge in [-0.3, -0.25) is 4.79 Å². The number of carbonyl (C=O) groups excluding carboxylic acids is 2. The molecule has 8 heteroatoms. The number of hydrogen-bond acceptors (Lipinski definition) is 4. The highest BCUT2D eigenvalue weighted by Crippen LogP contribution is 2.22. The summed E-state index contributed by atoms with van der Waals surface area (Å²) < 4.78 is 17.7. The van der Waals surface area contributed by atoms with E-state index in [-0.39, 0.29) is 17.8 Å². The van der Waals surface area contributed by atoms with Crippen LogP contribution >= 0.6 is 11.8 Å². The maximum atomic E-state index is 12.9. The number of anilines is 1. The highest BCUT2D eigenvalue weighted by atomic mass is 32.2. The van der Waals surface area contributed by atoms with Crippen molar-refractivity contribution in [2.24, 2.45) is 0 Å². The number of methoxy groups -OCH3 is 1. The van der Waals surface area contributed by atoms with E-state index in [1.54, 1.807) is 7.11 Å². The summed E-state index contributed by atoms with van der Waals surface area (Å²) in [7, 11) is 1.56. The van der Waals surface area contributed by atoms with E-state index in [4.69, 9.17) is 4.74 Å². The first-order chi connectivity index (χ1) is 10.6. The zero-order valence-electron chi connectivity index (χ0n) is 12.2. The molecule has 1 fully saturated rings. The lowest BCUT2D eigenvalue weighted by atomic mass is 10.2. The van der Waals surface area contributed by atoms with Crippen molar-refractivity contribution >= 4 is 29.4 Å². The fraction of sp³-hybridized carbons (Fsp3) is 0.429. The number of benzene rings is 1. The summed E-state index contributed by atoms with van der Waals surface area (Å²) >= 11 is 1.51. The minimum Gasteiger partial charge on any atom is -0.383 e. The molecule has 1 aliphatic rings. The Morgan fingerprint density at radius 1 is 1.41 bits per heavy atom. The molecule has 3 amide bonds. The second kappa shape index (κ2) is 8.00. The van der Waals surface area contributed by atoms with E-state index in [9.17, 15) is 14.0 Å². The van der Waals surface area contributed by atoms with E-state index in [1.807, 2.05) is 0 Å². The Hall–Kier alpha value is -1.80. The van der Waals surface area contributed by atoms with Crippen LogP contribution in [-0.2, 0) is 9.53 Å². The number of rotatable bonds is 5. The Morgan fingerprint density at radius 2 is 2.14 bits per heavy atom. The van der Waals surface area contributed by atoms with Crippen LogP contribution in [0.25, 0.3) is 0 Å². The van der Waals surface area contributed by atoms with Gasteiger partial charge in [-0.25, -0.2) is 9.18 Å². The van der Waals surface area contributed by atoms with Gasteiger partial charge in [0.2, 0.25) is 5.91 Å². The van der Waals surface area contributed by atoms with Gasteiger partial charge in [0.1, 0.15) is 11.9 Å². The summed E-state index contributed by atoms with van der Waals surface area (Å²) in [6, 6.07) is 4.60. The largest absolute Gasteiger partial charge is 0.383 e. The Balaban J connectivity index is 1.92. The Kier molecular flexibility index (Phi) is 6.02. The van der Waals surface area contributed by atoms with Crippen LogP contribution in [0.1, 0.15) is 0 Å². The third-order valence-corrected chi connectivity index (χ3v) is 4.16. The molecule has 0 bridgehead atoms. The van der Waals surface area contributed by atoms with Crippen LogP contribution in [0.15, 0.2) is 24.3 Å². The van der Waals surface area contributed by atoms with Crippen molar-refractivity contribution in [1.29, 1.82) is 0 Å². The summed E-state index contributed by atoms with van der Waals surface area (Å²) in [5.41, 5.74) is 0.488. The van der Waals surface area contributed by atoms with Gasteiger partial charge in [0.05, 0.1) is 12.5 Å². The first kappa shape index (κ1) is 16.6. The second-order valence-electron chi connectivity index (χ2n) is 4.71. The third-order valence-electron chi connectivity index (χ3n) is 3.15. The van der Waals surface area contributed by atoms with E-state index < -0.39 is 6.04 Å². The molecule has 0 aliphatic carbocycles. The number of ether oxygens (including phenoxy) is 1. The van der Waals surface area contributed by atoms with Crippen LogP contribution in [0.5, 0.6) is 0 Å². The minimum absolute atomic E-state index is 0.198. The average molecular weight is 327 g/mol. The molecule has 6 nitrogen and oxygen atoms in total. The lowest BCUT2D eigenvalue weighted by Gasteiger charge is -2.23. The molecule has 1 atom stereocenters. The fourth-order valence-electron chi connectivity index (χ4n) is 1.98. The standard InChI is InChI=1S/C14H18FN3O3S/c1-21-7-6-16-13(19)12-8-22-9-18(12)14(20)17-11-4-2-10(15)3-5-11/h2-5,12H,6-9H2,1H3,(H,16,19)(H,17,20)/t12-/m0/s1. The van der Waals surface area contributed by atoms with Crippen molar-refractivity contribution in [3.63, 3.8) is 0 Å². The van der Waals surface area contributed by atoms with Crippen LogP contribution < -0.4 is 10.6 Å². The first-order valence-corrected chi connectivity index (χ1v) is 7.95. The molecule has 1 aromatic rings. The fourth-order valence-corrected chi connectivity index (χ4v) is 3.14. The highest BCUT2D eigenvalue weighted by Gasteiger charge is 2.34. The molecular formula is C14H18FN3O3S. The molecule has 0 spiro atoms. The molecule has 2 rings (SSSR count). The number of thioether (sulfide) groups is 1. The zero-order valence-corrected chi connectivity index (χ0v) is 13.0. The molecule has 1 saturated heterocycles. The smallest absolute Gasteiger partial charge is 0.323 e. The number of nitrogens with zero attached hydrogens (tertiary/aromatic N) is 1. The second-order valence-corrected chi connectivity index (χ2v) is 5.71. The lowest BCUT2D eigenvalue weighted by Crippen LogP contribution is -2.49. The van der Waals surface area contributed by atoms with Gasteiger partial charge in [-0.1, -0.05) is 0 Å².